The third kappa shape index (κ3) is 3.19. The summed E-state index contributed by atoms with van der Waals surface area (Å²) in [6.07, 6.45) is 7.80. The molecule has 1 aromatic carbocycles. The van der Waals surface area contributed by atoms with Crippen molar-refractivity contribution in [2.75, 3.05) is 44.7 Å². The van der Waals surface area contributed by atoms with E-state index in [0.717, 1.165) is 55.4 Å². The molecule has 4 fully saturated rings. The Morgan fingerprint density at radius 3 is 2.60 bits per heavy atom. The van der Waals surface area contributed by atoms with Gasteiger partial charge in [-0.1, -0.05) is 12.1 Å². The Bertz CT molecular complexity index is 1070. The van der Waals surface area contributed by atoms with Gasteiger partial charge in [-0.05, 0) is 47.6 Å². The van der Waals surface area contributed by atoms with E-state index >= 15 is 0 Å². The molecule has 6 heteroatoms. The molecule has 3 heterocycles. The highest BCUT2D eigenvalue weighted by Gasteiger charge is 2.67. The number of nitrogens with one attached hydrogen (secondary N) is 1. The third-order valence-corrected chi connectivity index (χ3v) is 7.18. The molecule has 6 nitrogen and oxygen atoms in total. The van der Waals surface area contributed by atoms with Crippen LogP contribution >= 0.6 is 0 Å². The minimum absolute atomic E-state index is 0.488. The predicted octanol–water partition coefficient (Wildman–Crippen LogP) is 4.11. The van der Waals surface area contributed by atoms with Crippen molar-refractivity contribution in [3.8, 4) is 11.3 Å². The van der Waals surface area contributed by atoms with Crippen molar-refractivity contribution >= 4 is 16.6 Å². The zero-order valence-electron chi connectivity index (χ0n) is 17.5. The molecular weight excluding hydrogens is 376 g/mol. The average molecular weight is 405 g/mol. The normalized spacial score (nSPS) is 28.2. The molecule has 0 atom stereocenters. The van der Waals surface area contributed by atoms with Crippen LogP contribution in [0.25, 0.3) is 22.1 Å². The molecular formula is C24H28N4O2. The van der Waals surface area contributed by atoms with Crippen molar-refractivity contribution in [1.82, 2.24) is 14.9 Å². The molecule has 2 aromatic heterocycles. The molecule has 1 saturated heterocycles. The van der Waals surface area contributed by atoms with E-state index in [4.69, 9.17) is 9.15 Å². The number of anilines is 1. The number of morpholine rings is 1. The predicted molar refractivity (Wildman–Crippen MR) is 116 cm³/mol. The van der Waals surface area contributed by atoms with Crippen LogP contribution in [-0.4, -0.2) is 54.3 Å². The number of aromatic nitrogens is 2. The molecule has 7 rings (SSSR count). The van der Waals surface area contributed by atoms with Crippen LogP contribution in [0.2, 0.25) is 0 Å². The molecule has 0 radical (unpaired) electrons. The van der Waals surface area contributed by atoms with Gasteiger partial charge in [-0.3, -0.25) is 4.90 Å². The van der Waals surface area contributed by atoms with E-state index in [1.54, 1.807) is 6.20 Å². The number of hydrogen-bond acceptors (Lipinski definition) is 6. The monoisotopic (exact) mass is 404 g/mol. The second kappa shape index (κ2) is 6.79. The van der Waals surface area contributed by atoms with Gasteiger partial charge in [0.2, 0.25) is 0 Å². The average Bonchev–Trinajstić information content (AvgIpc) is 3.15. The number of fused-ring (bicyclic) bond motifs is 1. The van der Waals surface area contributed by atoms with Gasteiger partial charge in [0, 0.05) is 50.2 Å². The Balaban J connectivity index is 1.10. The highest BCUT2D eigenvalue weighted by atomic mass is 16.5. The molecule has 156 valence electrons. The molecule has 2 bridgehead atoms. The van der Waals surface area contributed by atoms with Crippen molar-refractivity contribution in [1.29, 1.82) is 0 Å². The SMILES string of the molecule is Cc1ncc(-c2ccc3cnc(NCC45CC(CN6CCOCC6)(C4)C5)cc3c2)o1. The molecule has 0 spiro atoms. The van der Waals surface area contributed by atoms with Crippen LogP contribution in [0.3, 0.4) is 0 Å². The molecule has 1 aliphatic heterocycles. The van der Waals surface area contributed by atoms with E-state index < -0.39 is 0 Å². The van der Waals surface area contributed by atoms with E-state index in [9.17, 15) is 0 Å². The van der Waals surface area contributed by atoms with Gasteiger partial charge in [0.05, 0.1) is 19.4 Å². The lowest BCUT2D eigenvalue weighted by atomic mass is 9.35. The van der Waals surface area contributed by atoms with Crippen LogP contribution in [0, 0.1) is 17.8 Å². The maximum atomic E-state index is 5.68. The summed E-state index contributed by atoms with van der Waals surface area (Å²) in [5, 5.41) is 5.92. The first-order valence-corrected chi connectivity index (χ1v) is 11.0. The largest absolute Gasteiger partial charge is 0.441 e. The highest BCUT2D eigenvalue weighted by molar-refractivity contribution is 5.87. The van der Waals surface area contributed by atoms with Crippen LogP contribution in [-0.2, 0) is 4.74 Å². The van der Waals surface area contributed by atoms with Gasteiger partial charge < -0.3 is 14.5 Å². The molecule has 3 aliphatic carbocycles. The summed E-state index contributed by atoms with van der Waals surface area (Å²) in [5.41, 5.74) is 2.12. The maximum absolute atomic E-state index is 5.68. The standard InChI is InChI=1S/C24H28N4O2/c1-17-25-11-21(30-17)18-2-3-19-10-26-22(9-20(19)8-18)27-15-23-12-24(13-23,14-23)16-28-4-6-29-7-5-28/h2-3,8-11H,4-7,12-16H2,1H3,(H,26,27). The Labute approximate surface area is 176 Å². The lowest BCUT2D eigenvalue weighted by molar-refractivity contribution is -0.207. The second-order valence-electron chi connectivity index (χ2n) is 9.65. The summed E-state index contributed by atoms with van der Waals surface area (Å²) < 4.78 is 11.2. The number of pyridine rings is 1. The highest BCUT2D eigenvalue weighted by Crippen LogP contribution is 2.73. The number of aryl methyl sites for hydroxylation is 1. The number of nitrogens with zero attached hydrogens (tertiary/aromatic N) is 3. The maximum Gasteiger partial charge on any atom is 0.191 e. The van der Waals surface area contributed by atoms with E-state index in [0.29, 0.717) is 16.7 Å². The zero-order chi connectivity index (χ0) is 20.2. The van der Waals surface area contributed by atoms with Crippen molar-refractivity contribution in [3.63, 3.8) is 0 Å². The summed E-state index contributed by atoms with van der Waals surface area (Å²) in [6, 6.07) is 8.46. The summed E-state index contributed by atoms with van der Waals surface area (Å²) in [6.45, 7) is 8.15. The fraction of sp³-hybridized carbons (Fsp3) is 0.500. The number of ether oxygens (including phenoxy) is 1. The van der Waals surface area contributed by atoms with Gasteiger partial charge in [-0.25, -0.2) is 9.97 Å². The first-order valence-electron chi connectivity index (χ1n) is 11.0. The first kappa shape index (κ1) is 18.3. The number of rotatable bonds is 6. The van der Waals surface area contributed by atoms with Crippen LogP contribution in [0.1, 0.15) is 25.2 Å². The lowest BCUT2D eigenvalue weighted by Crippen LogP contribution is -2.68. The van der Waals surface area contributed by atoms with Crippen molar-refractivity contribution < 1.29 is 9.15 Å². The fourth-order valence-electron chi connectivity index (χ4n) is 5.98. The first-order chi connectivity index (χ1) is 14.6. The zero-order valence-corrected chi connectivity index (χ0v) is 17.5. The van der Waals surface area contributed by atoms with Crippen molar-refractivity contribution in [2.45, 2.75) is 26.2 Å². The quantitative estimate of drug-likeness (QED) is 0.667. The van der Waals surface area contributed by atoms with Gasteiger partial charge in [0.25, 0.3) is 0 Å². The minimum Gasteiger partial charge on any atom is -0.441 e. The second-order valence-corrected chi connectivity index (χ2v) is 9.65. The van der Waals surface area contributed by atoms with Crippen LogP contribution in [0.4, 0.5) is 5.82 Å². The molecule has 3 aromatic rings. The van der Waals surface area contributed by atoms with Crippen LogP contribution in [0.5, 0.6) is 0 Å². The Hall–Kier alpha value is -2.44. The number of hydrogen-bond donors (Lipinski definition) is 1. The fourth-order valence-corrected chi connectivity index (χ4v) is 5.98. The van der Waals surface area contributed by atoms with Gasteiger partial charge in [-0.15, -0.1) is 0 Å². The molecule has 1 N–H and O–H groups in total. The topological polar surface area (TPSA) is 63.4 Å². The third-order valence-electron chi connectivity index (χ3n) is 7.18. The van der Waals surface area contributed by atoms with Gasteiger partial charge in [0.1, 0.15) is 5.82 Å². The summed E-state index contributed by atoms with van der Waals surface area (Å²) in [4.78, 5) is 11.4. The van der Waals surface area contributed by atoms with Crippen molar-refractivity contribution in [3.05, 3.63) is 42.5 Å². The number of benzene rings is 1. The molecule has 30 heavy (non-hydrogen) atoms. The van der Waals surface area contributed by atoms with E-state index in [1.165, 1.54) is 31.2 Å². The smallest absolute Gasteiger partial charge is 0.191 e. The Morgan fingerprint density at radius 1 is 1.00 bits per heavy atom. The molecule has 0 amide bonds. The molecule has 4 aliphatic rings. The van der Waals surface area contributed by atoms with Crippen LogP contribution < -0.4 is 5.32 Å². The summed E-state index contributed by atoms with van der Waals surface area (Å²) in [7, 11) is 0. The summed E-state index contributed by atoms with van der Waals surface area (Å²) >= 11 is 0. The van der Waals surface area contributed by atoms with Gasteiger partial charge in [0.15, 0.2) is 11.7 Å². The minimum atomic E-state index is 0.488. The Kier molecular flexibility index (Phi) is 4.15. The van der Waals surface area contributed by atoms with Crippen LogP contribution in [0.15, 0.2) is 41.1 Å². The van der Waals surface area contributed by atoms with E-state index in [1.807, 2.05) is 13.1 Å². The lowest BCUT2D eigenvalue weighted by Gasteiger charge is -2.72. The van der Waals surface area contributed by atoms with E-state index in [2.05, 4.69) is 44.5 Å². The van der Waals surface area contributed by atoms with Gasteiger partial charge >= 0.3 is 0 Å². The molecule has 0 unspecified atom stereocenters. The van der Waals surface area contributed by atoms with Gasteiger partial charge in [-0.2, -0.15) is 0 Å². The Morgan fingerprint density at radius 2 is 1.83 bits per heavy atom. The summed E-state index contributed by atoms with van der Waals surface area (Å²) in [5.74, 6) is 2.45. The van der Waals surface area contributed by atoms with Crippen molar-refractivity contribution in [2.24, 2.45) is 10.8 Å². The molecule has 3 saturated carbocycles. The van der Waals surface area contributed by atoms with E-state index in [-0.39, 0.29) is 0 Å². The number of oxazole rings is 1.